The van der Waals surface area contributed by atoms with E-state index >= 15 is 0 Å². The van der Waals surface area contributed by atoms with Crippen molar-refractivity contribution in [2.75, 3.05) is 30.4 Å². The van der Waals surface area contributed by atoms with Gasteiger partial charge in [0.1, 0.15) is 13.2 Å². The van der Waals surface area contributed by atoms with Gasteiger partial charge in [0.2, 0.25) is 5.91 Å². The van der Waals surface area contributed by atoms with E-state index in [9.17, 15) is 4.79 Å². The Bertz CT molecular complexity index is 996. The van der Waals surface area contributed by atoms with Crippen LogP contribution >= 0.6 is 11.3 Å². The molecule has 2 heterocycles. The third-order valence-corrected chi connectivity index (χ3v) is 5.25. The summed E-state index contributed by atoms with van der Waals surface area (Å²) in [6.07, 6.45) is 0. The summed E-state index contributed by atoms with van der Waals surface area (Å²) >= 11 is 1.40. The number of aromatic nitrogens is 1. The van der Waals surface area contributed by atoms with Crippen LogP contribution in [0.4, 0.5) is 10.8 Å². The van der Waals surface area contributed by atoms with Crippen molar-refractivity contribution in [3.8, 4) is 22.8 Å². The minimum atomic E-state index is -0.134. The van der Waals surface area contributed by atoms with Gasteiger partial charge in [0.15, 0.2) is 16.6 Å². The van der Waals surface area contributed by atoms with Crippen molar-refractivity contribution in [1.29, 1.82) is 0 Å². The SMILES string of the molecule is Cc1cccc(C)c1NCC(=O)Nc1nc(-c2ccc3c(c2)OCCO3)cs1. The van der Waals surface area contributed by atoms with Gasteiger partial charge in [-0.25, -0.2) is 4.98 Å². The van der Waals surface area contributed by atoms with Crippen LogP contribution in [0, 0.1) is 13.8 Å². The quantitative estimate of drug-likeness (QED) is 0.676. The van der Waals surface area contributed by atoms with Crippen LogP contribution in [0.3, 0.4) is 0 Å². The van der Waals surface area contributed by atoms with Crippen molar-refractivity contribution < 1.29 is 14.3 Å². The van der Waals surface area contributed by atoms with E-state index in [-0.39, 0.29) is 12.5 Å². The van der Waals surface area contributed by atoms with Gasteiger partial charge in [-0.05, 0) is 43.2 Å². The van der Waals surface area contributed by atoms with Gasteiger partial charge in [0.25, 0.3) is 0 Å². The molecule has 144 valence electrons. The fourth-order valence-corrected chi connectivity index (χ4v) is 3.83. The molecule has 0 spiro atoms. The van der Waals surface area contributed by atoms with Gasteiger partial charge in [0, 0.05) is 16.6 Å². The summed E-state index contributed by atoms with van der Waals surface area (Å²) in [4.78, 5) is 16.8. The first-order chi connectivity index (χ1) is 13.6. The maximum atomic E-state index is 12.3. The number of ether oxygens (including phenoxy) is 2. The number of rotatable bonds is 5. The van der Waals surface area contributed by atoms with E-state index < -0.39 is 0 Å². The zero-order chi connectivity index (χ0) is 19.5. The van der Waals surface area contributed by atoms with Crippen molar-refractivity contribution in [1.82, 2.24) is 4.98 Å². The van der Waals surface area contributed by atoms with Crippen LogP contribution in [0.15, 0.2) is 41.8 Å². The van der Waals surface area contributed by atoms with Gasteiger partial charge >= 0.3 is 0 Å². The van der Waals surface area contributed by atoms with E-state index in [0.717, 1.165) is 39.6 Å². The lowest BCUT2D eigenvalue weighted by Gasteiger charge is -2.18. The van der Waals surface area contributed by atoms with Gasteiger partial charge in [0.05, 0.1) is 12.2 Å². The van der Waals surface area contributed by atoms with Gasteiger partial charge in [-0.3, -0.25) is 4.79 Å². The molecule has 28 heavy (non-hydrogen) atoms. The number of anilines is 2. The van der Waals surface area contributed by atoms with Crippen molar-refractivity contribution in [2.45, 2.75) is 13.8 Å². The molecular weight excluding hydrogens is 374 g/mol. The average molecular weight is 395 g/mol. The fourth-order valence-electron chi connectivity index (χ4n) is 3.09. The van der Waals surface area contributed by atoms with Crippen LogP contribution in [-0.4, -0.2) is 30.6 Å². The molecule has 0 radical (unpaired) electrons. The van der Waals surface area contributed by atoms with Crippen LogP contribution in [0.5, 0.6) is 11.5 Å². The zero-order valence-electron chi connectivity index (χ0n) is 15.7. The molecule has 0 fully saturated rings. The summed E-state index contributed by atoms with van der Waals surface area (Å²) < 4.78 is 11.2. The Morgan fingerprint density at radius 2 is 1.86 bits per heavy atom. The lowest BCUT2D eigenvalue weighted by Crippen LogP contribution is -2.22. The largest absolute Gasteiger partial charge is 0.486 e. The van der Waals surface area contributed by atoms with Crippen molar-refractivity contribution >= 4 is 28.1 Å². The first-order valence-electron chi connectivity index (χ1n) is 9.05. The lowest BCUT2D eigenvalue weighted by atomic mass is 10.1. The molecule has 1 aliphatic heterocycles. The molecule has 6 nitrogen and oxygen atoms in total. The first-order valence-corrected chi connectivity index (χ1v) is 9.93. The summed E-state index contributed by atoms with van der Waals surface area (Å²) in [5.41, 5.74) is 4.94. The Morgan fingerprint density at radius 1 is 1.11 bits per heavy atom. The molecule has 1 aliphatic rings. The summed E-state index contributed by atoms with van der Waals surface area (Å²) in [7, 11) is 0. The maximum absolute atomic E-state index is 12.3. The van der Waals surface area contributed by atoms with E-state index in [2.05, 4.69) is 15.6 Å². The summed E-state index contributed by atoms with van der Waals surface area (Å²) in [6.45, 7) is 5.34. The number of nitrogens with one attached hydrogen (secondary N) is 2. The third-order valence-electron chi connectivity index (χ3n) is 4.50. The van der Waals surface area contributed by atoms with Gasteiger partial charge in [-0.1, -0.05) is 18.2 Å². The Labute approximate surface area is 167 Å². The number of carbonyl (C=O) groups is 1. The van der Waals surface area contributed by atoms with Crippen molar-refractivity contribution in [3.63, 3.8) is 0 Å². The predicted molar refractivity (Wildman–Crippen MR) is 112 cm³/mol. The molecule has 0 atom stereocenters. The number of nitrogens with zero attached hydrogens (tertiary/aromatic N) is 1. The maximum Gasteiger partial charge on any atom is 0.245 e. The molecule has 0 aliphatic carbocycles. The van der Waals surface area contributed by atoms with Gasteiger partial charge < -0.3 is 20.1 Å². The number of fused-ring (bicyclic) bond motifs is 1. The van der Waals surface area contributed by atoms with Crippen LogP contribution < -0.4 is 20.1 Å². The number of hydrogen-bond acceptors (Lipinski definition) is 6. The summed E-state index contributed by atoms with van der Waals surface area (Å²) in [6, 6.07) is 11.8. The number of amides is 1. The average Bonchev–Trinajstić information content (AvgIpc) is 3.15. The molecule has 2 aromatic carbocycles. The third kappa shape index (κ3) is 3.94. The smallest absolute Gasteiger partial charge is 0.245 e. The highest BCUT2D eigenvalue weighted by Gasteiger charge is 2.14. The molecule has 1 aromatic heterocycles. The van der Waals surface area contributed by atoms with Crippen LogP contribution in [-0.2, 0) is 4.79 Å². The molecule has 3 aromatic rings. The molecular formula is C21H21N3O3S. The second-order valence-electron chi connectivity index (χ2n) is 6.56. The molecule has 0 saturated heterocycles. The molecule has 1 amide bonds. The molecule has 0 bridgehead atoms. The molecule has 2 N–H and O–H groups in total. The van der Waals surface area contributed by atoms with E-state index in [0.29, 0.717) is 18.3 Å². The van der Waals surface area contributed by atoms with Crippen molar-refractivity contribution in [2.24, 2.45) is 0 Å². The fraction of sp³-hybridized carbons (Fsp3) is 0.238. The predicted octanol–water partition coefficient (Wildman–Crippen LogP) is 4.25. The van der Waals surface area contributed by atoms with Crippen LogP contribution in [0.2, 0.25) is 0 Å². The molecule has 7 heteroatoms. The van der Waals surface area contributed by atoms with E-state index in [4.69, 9.17) is 9.47 Å². The Balaban J connectivity index is 1.40. The highest BCUT2D eigenvalue weighted by atomic mass is 32.1. The Kier molecular flexibility index (Phi) is 5.16. The minimum absolute atomic E-state index is 0.134. The number of thiazole rings is 1. The zero-order valence-corrected chi connectivity index (χ0v) is 16.6. The van der Waals surface area contributed by atoms with Crippen LogP contribution in [0.1, 0.15) is 11.1 Å². The summed E-state index contributed by atoms with van der Waals surface area (Å²) in [5.74, 6) is 1.34. The normalized spacial score (nSPS) is 12.5. The van der Waals surface area contributed by atoms with E-state index in [1.165, 1.54) is 11.3 Å². The highest BCUT2D eigenvalue weighted by Crippen LogP contribution is 2.35. The number of hydrogen-bond donors (Lipinski definition) is 2. The molecule has 4 rings (SSSR count). The Hall–Kier alpha value is -3.06. The van der Waals surface area contributed by atoms with Crippen molar-refractivity contribution in [3.05, 3.63) is 52.9 Å². The first kappa shape index (κ1) is 18.3. The van der Waals surface area contributed by atoms with Gasteiger partial charge in [-0.15, -0.1) is 11.3 Å². The number of carbonyl (C=O) groups excluding carboxylic acids is 1. The second kappa shape index (κ2) is 7.90. The van der Waals surface area contributed by atoms with Gasteiger partial charge in [-0.2, -0.15) is 0 Å². The summed E-state index contributed by atoms with van der Waals surface area (Å²) in [5, 5.41) is 8.55. The number of para-hydroxylation sites is 1. The molecule has 0 saturated carbocycles. The van der Waals surface area contributed by atoms with E-state index in [1.54, 1.807) is 0 Å². The number of aryl methyl sites for hydroxylation is 2. The molecule has 0 unspecified atom stereocenters. The second-order valence-corrected chi connectivity index (χ2v) is 7.42. The monoisotopic (exact) mass is 395 g/mol. The minimum Gasteiger partial charge on any atom is -0.486 e. The standard InChI is InChI=1S/C21H21N3O3S/c1-13-4-3-5-14(2)20(13)22-11-19(25)24-21-23-16(12-28-21)15-6-7-17-18(10-15)27-9-8-26-17/h3-7,10,12,22H,8-9,11H2,1-2H3,(H,23,24,25). The Morgan fingerprint density at radius 3 is 2.64 bits per heavy atom. The van der Waals surface area contributed by atoms with Crippen LogP contribution in [0.25, 0.3) is 11.3 Å². The topological polar surface area (TPSA) is 72.5 Å². The lowest BCUT2D eigenvalue weighted by molar-refractivity contribution is -0.114. The number of benzene rings is 2. The highest BCUT2D eigenvalue weighted by molar-refractivity contribution is 7.14. The van der Waals surface area contributed by atoms with E-state index in [1.807, 2.05) is 55.6 Å².